The van der Waals surface area contributed by atoms with Gasteiger partial charge >= 0.3 is 0 Å². The smallest absolute Gasteiger partial charge is 0.0944 e. The molecular weight excluding hydrogens is 100 g/mol. The van der Waals surface area contributed by atoms with E-state index in [1.54, 1.807) is 13.8 Å². The minimum Gasteiger partial charge on any atom is -0.306 e. The Morgan fingerprint density at radius 3 is 2.25 bits per heavy atom. The van der Waals surface area contributed by atoms with Crippen molar-refractivity contribution in [1.82, 2.24) is 0 Å². The molecule has 0 saturated carbocycles. The zero-order valence-corrected chi connectivity index (χ0v) is 5.02. The number of nitrogens with zero attached hydrogens (tertiary/aromatic N) is 1. The summed E-state index contributed by atoms with van der Waals surface area (Å²) in [6, 6.07) is 1.92. The number of nitrogens with one attached hydrogen (secondary N) is 1. The van der Waals surface area contributed by atoms with Crippen molar-refractivity contribution in [3.63, 3.8) is 0 Å². The zero-order chi connectivity index (χ0) is 6.57. The lowest BCUT2D eigenvalue weighted by atomic mass is 10.2. The van der Waals surface area contributed by atoms with E-state index >= 15 is 0 Å². The van der Waals surface area contributed by atoms with Crippen molar-refractivity contribution in [1.29, 1.82) is 10.7 Å². The molecule has 0 aliphatic rings. The Morgan fingerprint density at radius 2 is 2.12 bits per heavy atom. The Hall–Kier alpha value is -1.10. The molecule has 0 aliphatic heterocycles. The molecule has 42 valence electrons. The molecule has 0 atom stereocenters. The molecule has 8 heavy (non-hydrogen) atoms. The van der Waals surface area contributed by atoms with Crippen LogP contribution in [0.1, 0.15) is 13.8 Å². The molecule has 0 heterocycles. The van der Waals surface area contributed by atoms with Crippen LogP contribution in [0.4, 0.5) is 0 Å². The summed E-state index contributed by atoms with van der Waals surface area (Å²) in [7, 11) is 0. The fourth-order valence-corrected chi connectivity index (χ4v) is 0.357. The minimum atomic E-state index is 0.420. The van der Waals surface area contributed by atoms with E-state index < -0.39 is 0 Å². The molecule has 0 bridgehead atoms. The third kappa shape index (κ3) is 3.10. The van der Waals surface area contributed by atoms with Gasteiger partial charge in [0.25, 0.3) is 0 Å². The Bertz CT molecular complexity index is 160. The highest BCUT2D eigenvalue weighted by Crippen LogP contribution is 1.87. The van der Waals surface area contributed by atoms with Crippen molar-refractivity contribution in [2.75, 3.05) is 0 Å². The van der Waals surface area contributed by atoms with Gasteiger partial charge in [-0.2, -0.15) is 5.26 Å². The van der Waals surface area contributed by atoms with Crippen molar-refractivity contribution in [2.24, 2.45) is 0 Å². The van der Waals surface area contributed by atoms with Gasteiger partial charge in [0.15, 0.2) is 0 Å². The maximum absolute atomic E-state index is 8.17. The van der Waals surface area contributed by atoms with Crippen molar-refractivity contribution in [3.05, 3.63) is 11.6 Å². The van der Waals surface area contributed by atoms with Crippen molar-refractivity contribution in [2.45, 2.75) is 13.8 Å². The first kappa shape index (κ1) is 6.90. The molecule has 0 unspecified atom stereocenters. The zero-order valence-electron chi connectivity index (χ0n) is 5.02. The predicted octanol–water partition coefficient (Wildman–Crippen LogP) is 1.50. The van der Waals surface area contributed by atoms with Crippen molar-refractivity contribution < 1.29 is 0 Å². The summed E-state index contributed by atoms with van der Waals surface area (Å²) >= 11 is 0. The number of rotatable bonds is 1. The second-order valence-electron chi connectivity index (χ2n) is 1.62. The van der Waals surface area contributed by atoms with Gasteiger partial charge in [-0.25, -0.2) is 0 Å². The third-order valence-corrected chi connectivity index (χ3v) is 0.609. The number of hydrogen-bond donors (Lipinski definition) is 1. The van der Waals surface area contributed by atoms with E-state index in [0.717, 1.165) is 0 Å². The quantitative estimate of drug-likeness (QED) is 0.401. The van der Waals surface area contributed by atoms with E-state index in [-0.39, 0.29) is 0 Å². The van der Waals surface area contributed by atoms with Gasteiger partial charge in [0, 0.05) is 11.3 Å². The molecule has 0 fully saturated rings. The van der Waals surface area contributed by atoms with Gasteiger partial charge < -0.3 is 5.41 Å². The molecule has 0 amide bonds. The Labute approximate surface area is 49.0 Å². The van der Waals surface area contributed by atoms with Crippen LogP contribution < -0.4 is 0 Å². The van der Waals surface area contributed by atoms with E-state index in [0.29, 0.717) is 11.3 Å². The summed E-state index contributed by atoms with van der Waals surface area (Å²) in [5.41, 5.74) is 1.00. The number of nitriles is 1. The largest absolute Gasteiger partial charge is 0.306 e. The van der Waals surface area contributed by atoms with Gasteiger partial charge in [-0.05, 0) is 19.9 Å². The van der Waals surface area contributed by atoms with Gasteiger partial charge in [0.1, 0.15) is 0 Å². The van der Waals surface area contributed by atoms with Crippen LogP contribution in [-0.2, 0) is 0 Å². The molecule has 2 nitrogen and oxygen atoms in total. The molecular formula is C6H8N2. The van der Waals surface area contributed by atoms with Crippen LogP contribution in [0.25, 0.3) is 0 Å². The molecule has 0 aromatic carbocycles. The number of hydrogen-bond acceptors (Lipinski definition) is 2. The van der Waals surface area contributed by atoms with Gasteiger partial charge in [-0.3, -0.25) is 0 Å². The van der Waals surface area contributed by atoms with Gasteiger partial charge in [-0.1, -0.05) is 0 Å². The average molecular weight is 108 g/mol. The Balaban J connectivity index is 4.01. The van der Waals surface area contributed by atoms with Crippen LogP contribution in [0, 0.1) is 16.7 Å². The molecule has 1 N–H and O–H groups in total. The Kier molecular flexibility index (Phi) is 2.57. The first-order valence-corrected chi connectivity index (χ1v) is 2.30. The highest BCUT2D eigenvalue weighted by Gasteiger charge is 1.81. The second kappa shape index (κ2) is 2.98. The van der Waals surface area contributed by atoms with E-state index in [1.807, 2.05) is 6.07 Å². The highest BCUT2D eigenvalue weighted by atomic mass is 14.4. The molecule has 0 aliphatic carbocycles. The standard InChI is InChI=1S/C6H8N2/c1-5(4-7)3-6(2)8/h3,8H,1-2H3/b5-3+,8-6?. The summed E-state index contributed by atoms with van der Waals surface area (Å²) in [5.74, 6) is 0. The summed E-state index contributed by atoms with van der Waals surface area (Å²) in [4.78, 5) is 0. The lowest BCUT2D eigenvalue weighted by Crippen LogP contribution is -1.80. The van der Waals surface area contributed by atoms with Gasteiger partial charge in [0.05, 0.1) is 6.07 Å². The first-order chi connectivity index (χ1) is 3.66. The summed E-state index contributed by atoms with van der Waals surface area (Å²) < 4.78 is 0. The van der Waals surface area contributed by atoms with E-state index in [1.165, 1.54) is 6.08 Å². The van der Waals surface area contributed by atoms with Crippen LogP contribution >= 0.6 is 0 Å². The molecule has 2 heteroatoms. The van der Waals surface area contributed by atoms with E-state index in [2.05, 4.69) is 0 Å². The van der Waals surface area contributed by atoms with E-state index in [4.69, 9.17) is 10.7 Å². The van der Waals surface area contributed by atoms with Crippen LogP contribution in [-0.4, -0.2) is 5.71 Å². The molecule has 0 rings (SSSR count). The van der Waals surface area contributed by atoms with Crippen LogP contribution in [0.15, 0.2) is 11.6 Å². The average Bonchev–Trinajstić information content (AvgIpc) is 1.65. The second-order valence-corrected chi connectivity index (χ2v) is 1.62. The van der Waals surface area contributed by atoms with Crippen molar-refractivity contribution >= 4 is 5.71 Å². The predicted molar refractivity (Wildman–Crippen MR) is 32.8 cm³/mol. The highest BCUT2D eigenvalue weighted by molar-refractivity contribution is 5.91. The Morgan fingerprint density at radius 1 is 1.62 bits per heavy atom. The summed E-state index contributed by atoms with van der Waals surface area (Å²) in [5, 5.41) is 15.1. The minimum absolute atomic E-state index is 0.420. The topological polar surface area (TPSA) is 47.6 Å². The van der Waals surface area contributed by atoms with Crippen LogP contribution in [0.2, 0.25) is 0 Å². The summed E-state index contributed by atoms with van der Waals surface area (Å²) in [6.45, 7) is 3.32. The number of allylic oxidation sites excluding steroid dienone is 2. The lowest BCUT2D eigenvalue weighted by molar-refractivity contribution is 1.43. The van der Waals surface area contributed by atoms with Crippen LogP contribution in [0.5, 0.6) is 0 Å². The van der Waals surface area contributed by atoms with Gasteiger partial charge in [0.2, 0.25) is 0 Å². The molecule has 0 aromatic heterocycles. The van der Waals surface area contributed by atoms with E-state index in [9.17, 15) is 0 Å². The first-order valence-electron chi connectivity index (χ1n) is 2.30. The van der Waals surface area contributed by atoms with Crippen LogP contribution in [0.3, 0.4) is 0 Å². The molecule has 0 aromatic rings. The fraction of sp³-hybridized carbons (Fsp3) is 0.333. The lowest BCUT2D eigenvalue weighted by Gasteiger charge is -1.81. The maximum atomic E-state index is 8.17. The monoisotopic (exact) mass is 108 g/mol. The molecule has 0 saturated heterocycles. The SMILES string of the molecule is CC(=N)/C=C(\C)C#N. The maximum Gasteiger partial charge on any atom is 0.0944 e. The fourth-order valence-electron chi connectivity index (χ4n) is 0.357. The molecule has 0 radical (unpaired) electrons. The normalized spacial score (nSPS) is 10.4. The van der Waals surface area contributed by atoms with Crippen molar-refractivity contribution in [3.8, 4) is 6.07 Å². The molecule has 0 spiro atoms. The third-order valence-electron chi connectivity index (χ3n) is 0.609. The summed E-state index contributed by atoms with van der Waals surface area (Å²) in [6.07, 6.45) is 1.53. The van der Waals surface area contributed by atoms with Gasteiger partial charge in [-0.15, -0.1) is 0 Å².